The molecule has 4 nitrogen and oxygen atoms in total. The van der Waals surface area contributed by atoms with Gasteiger partial charge in [0.15, 0.2) is 0 Å². The molecule has 2 aromatic rings. The summed E-state index contributed by atoms with van der Waals surface area (Å²) >= 11 is 1.47. The number of hydrogen-bond acceptors (Lipinski definition) is 5. The highest BCUT2D eigenvalue weighted by molar-refractivity contribution is 7.13. The van der Waals surface area contributed by atoms with Crippen LogP contribution in [0.25, 0.3) is 0 Å². The summed E-state index contributed by atoms with van der Waals surface area (Å²) in [6, 6.07) is 8.58. The standard InChI is InChI=1S/C16H23N3OS/c1-11(2)17-10-14-18-19-15(21-14)20-13-8-6-12(7-9-13)16(3,4)5/h6-9,11,17H,10H2,1-5H3. The van der Waals surface area contributed by atoms with E-state index in [1.807, 2.05) is 12.1 Å². The topological polar surface area (TPSA) is 47.0 Å². The van der Waals surface area contributed by atoms with Gasteiger partial charge in [0.05, 0.1) is 6.54 Å². The molecule has 0 saturated heterocycles. The predicted molar refractivity (Wildman–Crippen MR) is 87.1 cm³/mol. The van der Waals surface area contributed by atoms with Crippen molar-refractivity contribution in [3.8, 4) is 10.9 Å². The van der Waals surface area contributed by atoms with Crippen LogP contribution in [-0.2, 0) is 12.0 Å². The third kappa shape index (κ3) is 4.79. The van der Waals surface area contributed by atoms with Crippen LogP contribution >= 0.6 is 11.3 Å². The second-order valence-electron chi connectivity index (χ2n) is 6.37. The summed E-state index contributed by atoms with van der Waals surface area (Å²) in [6.07, 6.45) is 0. The first-order valence-electron chi connectivity index (χ1n) is 7.19. The lowest BCUT2D eigenvalue weighted by Crippen LogP contribution is -2.21. The van der Waals surface area contributed by atoms with Gasteiger partial charge in [-0.05, 0) is 23.1 Å². The van der Waals surface area contributed by atoms with Crippen LogP contribution in [-0.4, -0.2) is 16.2 Å². The molecule has 0 fully saturated rings. The Morgan fingerprint density at radius 2 is 1.81 bits per heavy atom. The maximum Gasteiger partial charge on any atom is 0.299 e. The fraction of sp³-hybridized carbons (Fsp3) is 0.500. The van der Waals surface area contributed by atoms with Crippen LogP contribution < -0.4 is 10.1 Å². The minimum Gasteiger partial charge on any atom is -0.430 e. The van der Waals surface area contributed by atoms with Crippen molar-refractivity contribution in [1.82, 2.24) is 15.5 Å². The molecule has 1 aromatic heterocycles. The fourth-order valence-electron chi connectivity index (χ4n) is 1.77. The van der Waals surface area contributed by atoms with Crippen LogP contribution in [0.2, 0.25) is 0 Å². The highest BCUT2D eigenvalue weighted by Crippen LogP contribution is 2.28. The molecule has 1 aromatic carbocycles. The van der Waals surface area contributed by atoms with Gasteiger partial charge in [-0.1, -0.05) is 63.2 Å². The Hall–Kier alpha value is -1.46. The number of benzene rings is 1. The molecule has 0 atom stereocenters. The maximum atomic E-state index is 5.75. The molecule has 0 saturated carbocycles. The molecular weight excluding hydrogens is 282 g/mol. The largest absolute Gasteiger partial charge is 0.430 e. The lowest BCUT2D eigenvalue weighted by molar-refractivity contribution is 0.471. The van der Waals surface area contributed by atoms with E-state index in [9.17, 15) is 0 Å². The molecule has 0 spiro atoms. The summed E-state index contributed by atoms with van der Waals surface area (Å²) in [4.78, 5) is 0. The smallest absolute Gasteiger partial charge is 0.299 e. The zero-order valence-corrected chi connectivity index (χ0v) is 14.1. The Morgan fingerprint density at radius 1 is 1.14 bits per heavy atom. The molecule has 0 radical (unpaired) electrons. The summed E-state index contributed by atoms with van der Waals surface area (Å²) in [7, 11) is 0. The van der Waals surface area contributed by atoms with Gasteiger partial charge < -0.3 is 10.1 Å². The van der Waals surface area contributed by atoms with Crippen molar-refractivity contribution in [1.29, 1.82) is 0 Å². The summed E-state index contributed by atoms with van der Waals surface area (Å²) in [6.45, 7) is 11.5. The van der Waals surface area contributed by atoms with Crippen molar-refractivity contribution in [2.45, 2.75) is 52.6 Å². The Labute approximate surface area is 130 Å². The van der Waals surface area contributed by atoms with E-state index >= 15 is 0 Å². The number of hydrogen-bond donors (Lipinski definition) is 1. The fourth-order valence-corrected chi connectivity index (χ4v) is 2.42. The molecule has 1 heterocycles. The van der Waals surface area contributed by atoms with E-state index < -0.39 is 0 Å². The molecule has 0 amide bonds. The van der Waals surface area contributed by atoms with Gasteiger partial charge in [0, 0.05) is 6.04 Å². The quantitative estimate of drug-likeness (QED) is 0.902. The van der Waals surface area contributed by atoms with Crippen LogP contribution in [0.1, 0.15) is 45.2 Å². The van der Waals surface area contributed by atoms with Crippen molar-refractivity contribution in [3.05, 3.63) is 34.8 Å². The third-order valence-electron chi connectivity index (χ3n) is 3.04. The van der Waals surface area contributed by atoms with E-state index in [1.165, 1.54) is 16.9 Å². The van der Waals surface area contributed by atoms with E-state index in [1.54, 1.807) is 0 Å². The molecule has 0 bridgehead atoms. The van der Waals surface area contributed by atoms with Gasteiger partial charge in [0.25, 0.3) is 5.19 Å². The molecule has 0 aliphatic carbocycles. The van der Waals surface area contributed by atoms with Gasteiger partial charge in [0.2, 0.25) is 0 Å². The first-order valence-corrected chi connectivity index (χ1v) is 8.00. The van der Waals surface area contributed by atoms with E-state index in [0.717, 1.165) is 17.3 Å². The van der Waals surface area contributed by atoms with Gasteiger partial charge in [-0.15, -0.1) is 5.10 Å². The Balaban J connectivity index is 1.98. The number of ether oxygens (including phenoxy) is 1. The maximum absolute atomic E-state index is 5.75. The summed E-state index contributed by atoms with van der Waals surface area (Å²) < 4.78 is 5.75. The van der Waals surface area contributed by atoms with Gasteiger partial charge in [-0.25, -0.2) is 0 Å². The number of aromatic nitrogens is 2. The minimum atomic E-state index is 0.150. The van der Waals surface area contributed by atoms with Gasteiger partial charge in [-0.2, -0.15) is 0 Å². The Morgan fingerprint density at radius 3 is 2.38 bits per heavy atom. The van der Waals surface area contributed by atoms with E-state index in [-0.39, 0.29) is 5.41 Å². The van der Waals surface area contributed by atoms with Gasteiger partial charge in [0.1, 0.15) is 10.8 Å². The van der Waals surface area contributed by atoms with E-state index in [2.05, 4.69) is 62.3 Å². The lowest BCUT2D eigenvalue weighted by Gasteiger charge is -2.18. The zero-order valence-electron chi connectivity index (χ0n) is 13.3. The SMILES string of the molecule is CC(C)NCc1nnc(Oc2ccc(C(C)(C)C)cc2)s1. The normalized spacial score (nSPS) is 11.9. The summed E-state index contributed by atoms with van der Waals surface area (Å²) in [5.41, 5.74) is 1.44. The van der Waals surface area contributed by atoms with Crippen molar-refractivity contribution < 1.29 is 4.74 Å². The minimum absolute atomic E-state index is 0.150. The van der Waals surface area contributed by atoms with Crippen LogP contribution in [0.3, 0.4) is 0 Å². The first kappa shape index (κ1) is 15.9. The molecule has 0 unspecified atom stereocenters. The van der Waals surface area contributed by atoms with Crippen LogP contribution in [0, 0.1) is 0 Å². The predicted octanol–water partition coefficient (Wildman–Crippen LogP) is 4.13. The lowest BCUT2D eigenvalue weighted by atomic mass is 9.87. The van der Waals surface area contributed by atoms with Crippen LogP contribution in [0.4, 0.5) is 0 Å². The van der Waals surface area contributed by atoms with Gasteiger partial charge >= 0.3 is 0 Å². The molecule has 114 valence electrons. The molecule has 2 rings (SSSR count). The summed E-state index contributed by atoms with van der Waals surface area (Å²) in [5, 5.41) is 13.0. The zero-order chi connectivity index (χ0) is 15.5. The molecule has 5 heteroatoms. The Kier molecular flexibility index (Phi) is 4.96. The molecule has 0 aliphatic heterocycles. The van der Waals surface area contributed by atoms with Crippen molar-refractivity contribution in [3.63, 3.8) is 0 Å². The molecule has 1 N–H and O–H groups in total. The number of rotatable bonds is 5. The second-order valence-corrected chi connectivity index (χ2v) is 7.40. The first-order chi connectivity index (χ1) is 9.84. The van der Waals surface area contributed by atoms with E-state index in [4.69, 9.17) is 4.74 Å². The average Bonchev–Trinajstić information content (AvgIpc) is 2.83. The number of nitrogens with one attached hydrogen (secondary N) is 1. The molecule has 21 heavy (non-hydrogen) atoms. The van der Waals surface area contributed by atoms with Crippen molar-refractivity contribution >= 4 is 11.3 Å². The van der Waals surface area contributed by atoms with Crippen LogP contribution in [0.15, 0.2) is 24.3 Å². The van der Waals surface area contributed by atoms with E-state index in [0.29, 0.717) is 11.2 Å². The highest BCUT2D eigenvalue weighted by atomic mass is 32.1. The third-order valence-corrected chi connectivity index (χ3v) is 3.84. The average molecular weight is 305 g/mol. The summed E-state index contributed by atoms with van der Waals surface area (Å²) in [5.74, 6) is 0.794. The second kappa shape index (κ2) is 6.54. The van der Waals surface area contributed by atoms with Crippen LogP contribution in [0.5, 0.6) is 10.9 Å². The van der Waals surface area contributed by atoms with Crippen molar-refractivity contribution in [2.24, 2.45) is 0 Å². The molecular formula is C16H23N3OS. The van der Waals surface area contributed by atoms with Gasteiger partial charge in [-0.3, -0.25) is 0 Å². The van der Waals surface area contributed by atoms with Crippen molar-refractivity contribution in [2.75, 3.05) is 0 Å². The monoisotopic (exact) mass is 305 g/mol. The number of nitrogens with zero attached hydrogens (tertiary/aromatic N) is 2. The molecule has 0 aliphatic rings. The highest BCUT2D eigenvalue weighted by Gasteiger charge is 2.13. The Bertz CT molecular complexity index is 570.